The summed E-state index contributed by atoms with van der Waals surface area (Å²) in [5.74, 6) is 0.871. The fourth-order valence-electron chi connectivity index (χ4n) is 1.43. The normalized spacial score (nSPS) is 10.3. The Morgan fingerprint density at radius 2 is 2.21 bits per heavy atom. The van der Waals surface area contributed by atoms with Crippen molar-refractivity contribution in [1.82, 2.24) is 5.32 Å². The molecule has 1 aromatic rings. The molecule has 14 heavy (non-hydrogen) atoms. The molecule has 0 spiro atoms. The summed E-state index contributed by atoms with van der Waals surface area (Å²) >= 11 is 5.94. The zero-order chi connectivity index (χ0) is 10.6. The van der Waals surface area contributed by atoms with Crippen LogP contribution < -0.4 is 15.8 Å². The van der Waals surface area contributed by atoms with Crippen molar-refractivity contribution in [3.8, 4) is 5.75 Å². The van der Waals surface area contributed by atoms with Crippen LogP contribution in [0.5, 0.6) is 5.75 Å². The lowest BCUT2D eigenvalue weighted by molar-refractivity contribution is 0.405. The second-order valence-electron chi connectivity index (χ2n) is 3.05. The van der Waals surface area contributed by atoms with Gasteiger partial charge in [0.1, 0.15) is 5.75 Å². The van der Waals surface area contributed by atoms with Gasteiger partial charge in [-0.2, -0.15) is 0 Å². The Kier molecular flexibility index (Phi) is 4.20. The lowest BCUT2D eigenvalue weighted by Gasteiger charge is -2.12. The fourth-order valence-corrected chi connectivity index (χ4v) is 1.72. The highest BCUT2D eigenvalue weighted by Gasteiger charge is 2.07. The molecule has 3 nitrogen and oxygen atoms in total. The van der Waals surface area contributed by atoms with Gasteiger partial charge < -0.3 is 15.8 Å². The van der Waals surface area contributed by atoms with Gasteiger partial charge in [-0.25, -0.2) is 0 Å². The van der Waals surface area contributed by atoms with Crippen LogP contribution in [0.1, 0.15) is 11.1 Å². The molecule has 0 radical (unpaired) electrons. The second kappa shape index (κ2) is 5.20. The average Bonchev–Trinajstić information content (AvgIpc) is 2.14. The van der Waals surface area contributed by atoms with E-state index >= 15 is 0 Å². The molecule has 0 heterocycles. The van der Waals surface area contributed by atoms with E-state index in [4.69, 9.17) is 22.1 Å². The summed E-state index contributed by atoms with van der Waals surface area (Å²) in [6.07, 6.45) is 0. The average molecular weight is 215 g/mol. The molecule has 0 saturated carbocycles. The summed E-state index contributed by atoms with van der Waals surface area (Å²) in [6, 6.07) is 3.77. The zero-order valence-corrected chi connectivity index (χ0v) is 9.19. The number of nitrogens with two attached hydrogens (primary N) is 1. The summed E-state index contributed by atoms with van der Waals surface area (Å²) in [4.78, 5) is 0. The largest absolute Gasteiger partial charge is 0.496 e. The Morgan fingerprint density at radius 3 is 2.79 bits per heavy atom. The third kappa shape index (κ3) is 2.61. The number of aryl methyl sites for hydroxylation is 1. The third-order valence-corrected chi connectivity index (χ3v) is 2.20. The van der Waals surface area contributed by atoms with Crippen LogP contribution in [0.15, 0.2) is 12.1 Å². The molecule has 0 aliphatic carbocycles. The molecule has 0 atom stereocenters. The molecule has 0 unspecified atom stereocenters. The third-order valence-electron chi connectivity index (χ3n) is 1.98. The van der Waals surface area contributed by atoms with Crippen molar-refractivity contribution in [2.24, 2.45) is 5.73 Å². The minimum Gasteiger partial charge on any atom is -0.496 e. The summed E-state index contributed by atoms with van der Waals surface area (Å²) in [7, 11) is 1.65. The number of halogens is 1. The van der Waals surface area contributed by atoms with Gasteiger partial charge in [0, 0.05) is 23.8 Å². The molecule has 0 amide bonds. The van der Waals surface area contributed by atoms with Crippen LogP contribution in [0.3, 0.4) is 0 Å². The molecular weight excluding hydrogens is 200 g/mol. The Morgan fingerprint density at radius 1 is 1.50 bits per heavy atom. The molecule has 0 fully saturated rings. The van der Waals surface area contributed by atoms with E-state index in [0.717, 1.165) is 21.9 Å². The van der Waals surface area contributed by atoms with Crippen LogP contribution in [-0.2, 0) is 6.54 Å². The van der Waals surface area contributed by atoms with E-state index in [1.54, 1.807) is 7.11 Å². The van der Waals surface area contributed by atoms with E-state index < -0.39 is 0 Å². The molecule has 3 N–H and O–H groups in total. The summed E-state index contributed by atoms with van der Waals surface area (Å²) in [6.45, 7) is 3.08. The Labute approximate surface area is 89.2 Å². The Balaban J connectivity index is 2.99. The van der Waals surface area contributed by atoms with E-state index in [9.17, 15) is 0 Å². The lowest BCUT2D eigenvalue weighted by Crippen LogP contribution is -2.21. The number of hydrogen-bond acceptors (Lipinski definition) is 3. The Hall–Kier alpha value is -0.770. The van der Waals surface area contributed by atoms with Crippen molar-refractivity contribution in [3.05, 3.63) is 28.3 Å². The first kappa shape index (κ1) is 11.3. The minimum atomic E-state index is 0.439. The maximum absolute atomic E-state index is 5.94. The molecule has 4 heteroatoms. The predicted octanol–water partition coefficient (Wildman–Crippen LogP) is 1.66. The van der Waals surface area contributed by atoms with E-state index in [-0.39, 0.29) is 0 Å². The van der Waals surface area contributed by atoms with E-state index in [1.807, 2.05) is 19.1 Å². The van der Waals surface area contributed by atoms with Gasteiger partial charge in [-0.1, -0.05) is 11.6 Å². The molecule has 0 bridgehead atoms. The zero-order valence-electron chi connectivity index (χ0n) is 8.43. The smallest absolute Gasteiger partial charge is 0.126 e. The van der Waals surface area contributed by atoms with Crippen LogP contribution >= 0.6 is 11.6 Å². The van der Waals surface area contributed by atoms with Crippen LogP contribution in [0.25, 0.3) is 0 Å². The quantitative estimate of drug-likeness (QED) is 0.750. The van der Waals surface area contributed by atoms with Gasteiger partial charge in [-0.15, -0.1) is 0 Å². The number of ether oxygens (including phenoxy) is 1. The Bertz CT molecular complexity index is 315. The summed E-state index contributed by atoms with van der Waals surface area (Å²) < 4.78 is 5.29. The highest BCUT2D eigenvalue weighted by Crippen LogP contribution is 2.27. The SMILES string of the molecule is COc1c(C)cc(Cl)cc1CNCN. The number of benzene rings is 1. The number of nitrogens with one attached hydrogen (secondary N) is 1. The number of hydrogen-bond donors (Lipinski definition) is 2. The number of methoxy groups -OCH3 is 1. The molecule has 0 saturated heterocycles. The van der Waals surface area contributed by atoms with Crippen LogP contribution in [-0.4, -0.2) is 13.8 Å². The monoisotopic (exact) mass is 214 g/mol. The van der Waals surface area contributed by atoms with Gasteiger partial charge in [0.25, 0.3) is 0 Å². The van der Waals surface area contributed by atoms with Gasteiger partial charge >= 0.3 is 0 Å². The molecule has 1 aromatic carbocycles. The van der Waals surface area contributed by atoms with Crippen LogP contribution in [0.4, 0.5) is 0 Å². The van der Waals surface area contributed by atoms with Gasteiger partial charge in [0.15, 0.2) is 0 Å². The second-order valence-corrected chi connectivity index (χ2v) is 3.48. The maximum atomic E-state index is 5.94. The van der Waals surface area contributed by atoms with Crippen molar-refractivity contribution in [2.45, 2.75) is 13.5 Å². The highest BCUT2D eigenvalue weighted by atomic mass is 35.5. The highest BCUT2D eigenvalue weighted by molar-refractivity contribution is 6.30. The first-order valence-corrected chi connectivity index (χ1v) is 4.80. The van der Waals surface area contributed by atoms with E-state index in [2.05, 4.69) is 5.32 Å². The van der Waals surface area contributed by atoms with Gasteiger partial charge in [-0.05, 0) is 24.6 Å². The van der Waals surface area contributed by atoms with Crippen LogP contribution in [0, 0.1) is 6.92 Å². The minimum absolute atomic E-state index is 0.439. The molecule has 0 aromatic heterocycles. The van der Waals surface area contributed by atoms with Gasteiger partial charge in [0.2, 0.25) is 0 Å². The van der Waals surface area contributed by atoms with Crippen molar-refractivity contribution >= 4 is 11.6 Å². The van der Waals surface area contributed by atoms with Crippen molar-refractivity contribution in [3.63, 3.8) is 0 Å². The van der Waals surface area contributed by atoms with Crippen molar-refractivity contribution < 1.29 is 4.74 Å². The number of rotatable bonds is 4. The van der Waals surface area contributed by atoms with Crippen LogP contribution in [0.2, 0.25) is 5.02 Å². The van der Waals surface area contributed by atoms with Crippen molar-refractivity contribution in [2.75, 3.05) is 13.8 Å². The first-order chi connectivity index (χ1) is 6.69. The van der Waals surface area contributed by atoms with E-state index in [1.165, 1.54) is 0 Å². The molecule has 0 aliphatic rings. The van der Waals surface area contributed by atoms with Gasteiger partial charge in [-0.3, -0.25) is 0 Å². The molecule has 78 valence electrons. The predicted molar refractivity (Wildman–Crippen MR) is 58.6 cm³/mol. The van der Waals surface area contributed by atoms with Gasteiger partial charge in [0.05, 0.1) is 7.11 Å². The lowest BCUT2D eigenvalue weighted by atomic mass is 10.1. The topological polar surface area (TPSA) is 47.3 Å². The first-order valence-electron chi connectivity index (χ1n) is 4.42. The maximum Gasteiger partial charge on any atom is 0.126 e. The molecular formula is C10H15ClN2O. The summed E-state index contributed by atoms with van der Waals surface area (Å²) in [5, 5.41) is 3.75. The standard InChI is InChI=1S/C10H15ClN2O/c1-7-3-9(11)4-8(5-13-6-12)10(7)14-2/h3-4,13H,5-6,12H2,1-2H3. The van der Waals surface area contributed by atoms with Crippen molar-refractivity contribution in [1.29, 1.82) is 0 Å². The molecule has 0 aliphatic heterocycles. The van der Waals surface area contributed by atoms with E-state index in [0.29, 0.717) is 13.2 Å². The summed E-state index contributed by atoms with van der Waals surface area (Å²) in [5.41, 5.74) is 7.43. The molecule has 1 rings (SSSR count). The fraction of sp³-hybridized carbons (Fsp3) is 0.400.